The van der Waals surface area contributed by atoms with Gasteiger partial charge in [-0.3, -0.25) is 19.7 Å². The zero-order valence-corrected chi connectivity index (χ0v) is 21.0. The molecule has 10 heteroatoms. The number of hydrogen-bond donors (Lipinski definition) is 4. The maximum absolute atomic E-state index is 12.8. The van der Waals surface area contributed by atoms with Gasteiger partial charge in [0.15, 0.2) is 0 Å². The number of imide groups is 1. The van der Waals surface area contributed by atoms with E-state index in [0.717, 1.165) is 42.7 Å². The van der Waals surface area contributed by atoms with Gasteiger partial charge in [-0.25, -0.2) is 4.79 Å². The number of anilines is 1. The van der Waals surface area contributed by atoms with Crippen LogP contribution in [0.4, 0.5) is 10.5 Å². The summed E-state index contributed by atoms with van der Waals surface area (Å²) in [6.07, 6.45) is 4.02. The average Bonchev–Trinajstić information content (AvgIpc) is 3.17. The van der Waals surface area contributed by atoms with Crippen molar-refractivity contribution in [2.24, 2.45) is 16.6 Å². The highest BCUT2D eigenvalue weighted by molar-refractivity contribution is 6.05. The van der Waals surface area contributed by atoms with Gasteiger partial charge in [0.1, 0.15) is 11.8 Å². The van der Waals surface area contributed by atoms with Crippen LogP contribution in [0.3, 0.4) is 0 Å². The summed E-state index contributed by atoms with van der Waals surface area (Å²) in [4.78, 5) is 50.4. The topological polar surface area (TPSA) is 143 Å². The van der Waals surface area contributed by atoms with Gasteiger partial charge in [0.05, 0.1) is 6.61 Å². The Morgan fingerprint density at radius 3 is 2.55 bits per heavy atom. The first-order valence-electron chi connectivity index (χ1n) is 13.0. The molecule has 38 heavy (non-hydrogen) atoms. The number of carbonyl (C=O) groups is 4. The molecule has 0 radical (unpaired) electrons. The molecule has 4 fully saturated rings. The van der Waals surface area contributed by atoms with Crippen LogP contribution in [0.5, 0.6) is 5.75 Å². The Kier molecular flexibility index (Phi) is 5.86. The van der Waals surface area contributed by atoms with Crippen molar-refractivity contribution >= 4 is 29.4 Å². The maximum atomic E-state index is 12.8. The minimum atomic E-state index is -0.650. The summed E-state index contributed by atoms with van der Waals surface area (Å²) in [5.41, 5.74) is 9.36. The first kappa shape index (κ1) is 24.4. The van der Waals surface area contributed by atoms with Crippen LogP contribution in [0.1, 0.15) is 53.6 Å². The van der Waals surface area contributed by atoms with Crippen molar-refractivity contribution in [2.75, 3.05) is 18.5 Å². The lowest BCUT2D eigenvalue weighted by molar-refractivity contribution is -0.211. The fourth-order valence-corrected chi connectivity index (χ4v) is 6.57. The van der Waals surface area contributed by atoms with E-state index in [0.29, 0.717) is 41.7 Å². The molecule has 5 N–H and O–H groups in total. The molecule has 3 aliphatic carbocycles. The molecule has 7 rings (SSSR count). The molecule has 2 aromatic carbocycles. The third-order valence-corrected chi connectivity index (χ3v) is 8.38. The lowest BCUT2D eigenvalue weighted by Gasteiger charge is -2.70. The second-order valence-electron chi connectivity index (χ2n) is 11.2. The summed E-state index contributed by atoms with van der Waals surface area (Å²) in [6, 6.07) is 11.7. The fourth-order valence-electron chi connectivity index (χ4n) is 6.57. The first-order chi connectivity index (χ1) is 18.3. The van der Waals surface area contributed by atoms with Gasteiger partial charge in [-0.2, -0.15) is 0 Å². The molecule has 198 valence electrons. The number of fused-ring (bicyclic) bond motifs is 1. The third kappa shape index (κ3) is 4.38. The minimum absolute atomic E-state index is 0.215. The smallest absolute Gasteiger partial charge is 0.319 e. The molecule has 0 aromatic heterocycles. The van der Waals surface area contributed by atoms with Crippen molar-refractivity contribution in [3.05, 3.63) is 59.2 Å². The van der Waals surface area contributed by atoms with E-state index in [1.807, 2.05) is 30.3 Å². The van der Waals surface area contributed by atoms with E-state index in [-0.39, 0.29) is 30.8 Å². The number of rotatable bonds is 8. The van der Waals surface area contributed by atoms with E-state index in [9.17, 15) is 19.2 Å². The Bertz CT molecular complexity index is 1300. The number of nitrogens with one attached hydrogen (secondary N) is 3. The largest absolute Gasteiger partial charge is 0.493 e. The van der Waals surface area contributed by atoms with E-state index < -0.39 is 11.9 Å². The minimum Gasteiger partial charge on any atom is -0.493 e. The van der Waals surface area contributed by atoms with E-state index in [1.165, 1.54) is 4.90 Å². The summed E-state index contributed by atoms with van der Waals surface area (Å²) >= 11 is 0. The second kappa shape index (κ2) is 9.13. The molecular formula is C28H31N5O5. The second-order valence-corrected chi connectivity index (χ2v) is 11.2. The van der Waals surface area contributed by atoms with E-state index in [1.54, 1.807) is 12.1 Å². The number of nitrogens with two attached hydrogens (primary N) is 1. The maximum Gasteiger partial charge on any atom is 0.319 e. The van der Waals surface area contributed by atoms with Gasteiger partial charge in [-0.1, -0.05) is 12.1 Å². The van der Waals surface area contributed by atoms with Crippen LogP contribution < -0.4 is 26.4 Å². The number of carbonyl (C=O) groups excluding carboxylic acids is 4. The molecule has 2 aromatic rings. The molecule has 1 unspecified atom stereocenters. The van der Waals surface area contributed by atoms with Gasteiger partial charge in [0.2, 0.25) is 11.8 Å². The highest BCUT2D eigenvalue weighted by Gasteiger charge is 2.67. The standard InChI is InChI=1S/C28H31N5O5/c29-15-27-12-28(13-27,14-27)16-38-20-4-2-19(3-5-20)31-26(37)30-10-17-1-6-21-18(9-17)11-33(25(21)36)22-7-8-23(34)32-24(22)35/h1-6,9,22H,7-8,10-16,29H2,(H2,30,31,37)(H,32,34,35). The van der Waals surface area contributed by atoms with Crippen molar-refractivity contribution in [3.8, 4) is 5.75 Å². The lowest BCUT2D eigenvalue weighted by atomic mass is 9.35. The molecule has 1 atom stereocenters. The van der Waals surface area contributed by atoms with Crippen LogP contribution in [-0.2, 0) is 22.7 Å². The molecule has 10 nitrogen and oxygen atoms in total. The third-order valence-electron chi connectivity index (χ3n) is 8.38. The predicted molar refractivity (Wildman–Crippen MR) is 138 cm³/mol. The molecule has 2 heterocycles. The van der Waals surface area contributed by atoms with Crippen LogP contribution in [0, 0.1) is 10.8 Å². The summed E-state index contributed by atoms with van der Waals surface area (Å²) < 4.78 is 5.97. The van der Waals surface area contributed by atoms with Crippen molar-refractivity contribution in [2.45, 2.75) is 51.2 Å². The first-order valence-corrected chi connectivity index (χ1v) is 13.0. The van der Waals surface area contributed by atoms with Crippen molar-refractivity contribution in [1.82, 2.24) is 15.5 Å². The molecule has 5 aliphatic rings. The summed E-state index contributed by atoms with van der Waals surface area (Å²) in [5.74, 6) is -0.188. The van der Waals surface area contributed by atoms with Crippen LogP contribution >= 0.6 is 0 Å². The van der Waals surface area contributed by atoms with Crippen molar-refractivity contribution < 1.29 is 23.9 Å². The van der Waals surface area contributed by atoms with Crippen LogP contribution in [0.15, 0.2) is 42.5 Å². The van der Waals surface area contributed by atoms with Crippen LogP contribution in [0.2, 0.25) is 0 Å². The number of amides is 5. The van der Waals surface area contributed by atoms with E-state index in [4.69, 9.17) is 10.5 Å². The number of piperidine rings is 1. The van der Waals surface area contributed by atoms with Crippen LogP contribution in [-0.4, -0.2) is 47.8 Å². The molecule has 5 amide bonds. The summed E-state index contributed by atoms with van der Waals surface area (Å²) in [5, 5.41) is 7.96. The van der Waals surface area contributed by atoms with Gasteiger partial charge in [0, 0.05) is 36.2 Å². The molecule has 2 bridgehead atoms. The number of nitrogens with zero attached hydrogens (tertiary/aromatic N) is 1. The Morgan fingerprint density at radius 2 is 1.84 bits per heavy atom. The SMILES string of the molecule is NCC12CC(COc3ccc(NC(=O)NCc4ccc5c(c4)CN(C4CCC(=O)NC4=O)C5=O)cc3)(C1)C2. The number of hydrogen-bond acceptors (Lipinski definition) is 6. The van der Waals surface area contributed by atoms with Crippen molar-refractivity contribution in [3.63, 3.8) is 0 Å². The van der Waals surface area contributed by atoms with Gasteiger partial charge in [-0.05, 0) is 79.1 Å². The Morgan fingerprint density at radius 1 is 1.08 bits per heavy atom. The van der Waals surface area contributed by atoms with Gasteiger partial charge >= 0.3 is 6.03 Å². The lowest BCUT2D eigenvalue weighted by Crippen LogP contribution is -2.66. The summed E-state index contributed by atoms with van der Waals surface area (Å²) in [7, 11) is 0. The van der Waals surface area contributed by atoms with Gasteiger partial charge in [0.25, 0.3) is 5.91 Å². The molecular weight excluding hydrogens is 486 g/mol. The monoisotopic (exact) mass is 517 g/mol. The van der Waals surface area contributed by atoms with Gasteiger partial charge < -0.3 is 26.0 Å². The van der Waals surface area contributed by atoms with Gasteiger partial charge in [-0.15, -0.1) is 0 Å². The number of ether oxygens (including phenoxy) is 1. The number of urea groups is 1. The Hall–Kier alpha value is -3.92. The Labute approximate surface area is 220 Å². The molecule has 1 saturated heterocycles. The average molecular weight is 518 g/mol. The normalized spacial score (nSPS) is 27.1. The fraction of sp³-hybridized carbons (Fsp3) is 0.429. The quantitative estimate of drug-likeness (QED) is 0.396. The summed E-state index contributed by atoms with van der Waals surface area (Å²) in [6.45, 7) is 2.05. The molecule has 0 spiro atoms. The zero-order chi connectivity index (χ0) is 26.5. The Balaban J connectivity index is 0.979. The van der Waals surface area contributed by atoms with Crippen LogP contribution in [0.25, 0.3) is 0 Å². The molecule has 3 saturated carbocycles. The highest BCUT2D eigenvalue weighted by Crippen LogP contribution is 2.72. The highest BCUT2D eigenvalue weighted by atomic mass is 16.5. The van der Waals surface area contributed by atoms with E-state index in [2.05, 4.69) is 16.0 Å². The van der Waals surface area contributed by atoms with E-state index >= 15 is 0 Å². The zero-order valence-electron chi connectivity index (χ0n) is 21.0. The predicted octanol–water partition coefficient (Wildman–Crippen LogP) is 2.28. The molecule has 2 aliphatic heterocycles. The number of benzene rings is 2. The van der Waals surface area contributed by atoms with Crippen molar-refractivity contribution in [1.29, 1.82) is 0 Å².